The van der Waals surface area contributed by atoms with Gasteiger partial charge >= 0.3 is 11.9 Å². The van der Waals surface area contributed by atoms with Gasteiger partial charge in [0.2, 0.25) is 0 Å². The number of rotatable bonds is 3. The van der Waals surface area contributed by atoms with E-state index >= 15 is 0 Å². The van der Waals surface area contributed by atoms with Gasteiger partial charge in [0, 0.05) is 6.92 Å². The lowest BCUT2D eigenvalue weighted by atomic mass is 10.1. The molecule has 3 nitrogen and oxygen atoms in total. The number of allylic oxidation sites excluding steroid dienone is 2. The summed E-state index contributed by atoms with van der Waals surface area (Å²) in [7, 11) is 0. The van der Waals surface area contributed by atoms with E-state index in [9.17, 15) is 9.59 Å². The zero-order valence-corrected chi connectivity index (χ0v) is 7.79. The Labute approximate surface area is 77.4 Å². The van der Waals surface area contributed by atoms with E-state index in [0.717, 1.165) is 0 Å². The Morgan fingerprint density at radius 1 is 1.15 bits per heavy atom. The van der Waals surface area contributed by atoms with Crippen molar-refractivity contribution >= 4 is 11.9 Å². The van der Waals surface area contributed by atoms with Crippen LogP contribution in [0, 0.1) is 0 Å². The van der Waals surface area contributed by atoms with Gasteiger partial charge in [-0.2, -0.15) is 0 Å². The number of carbonyl (C=O) groups is 2. The van der Waals surface area contributed by atoms with Crippen LogP contribution in [-0.4, -0.2) is 11.9 Å². The number of hydrogen-bond acceptors (Lipinski definition) is 3. The first-order valence-corrected chi connectivity index (χ1v) is 3.71. The third-order valence-electron chi connectivity index (χ3n) is 1.39. The van der Waals surface area contributed by atoms with Gasteiger partial charge in [-0.25, -0.2) is 4.79 Å². The van der Waals surface area contributed by atoms with Gasteiger partial charge in [0.1, 0.15) is 0 Å². The molecule has 0 saturated heterocycles. The molecule has 0 fully saturated rings. The van der Waals surface area contributed by atoms with Crippen molar-refractivity contribution in [3.63, 3.8) is 0 Å². The molecule has 0 aromatic rings. The summed E-state index contributed by atoms with van der Waals surface area (Å²) in [5.41, 5.74) is 0.881. The minimum absolute atomic E-state index is 0.255. The van der Waals surface area contributed by atoms with Crippen molar-refractivity contribution < 1.29 is 14.3 Å². The van der Waals surface area contributed by atoms with Crippen LogP contribution >= 0.6 is 0 Å². The maximum atomic E-state index is 11.2. The van der Waals surface area contributed by atoms with Crippen LogP contribution in [0.15, 0.2) is 36.5 Å². The van der Waals surface area contributed by atoms with Crippen LogP contribution in [0.4, 0.5) is 0 Å². The fraction of sp³-hybridized carbons (Fsp3) is 0.200. The smallest absolute Gasteiger partial charge is 0.346 e. The highest BCUT2D eigenvalue weighted by Crippen LogP contribution is 2.08. The van der Waals surface area contributed by atoms with Gasteiger partial charge in [-0.05, 0) is 12.5 Å². The molecule has 0 N–H and O–H groups in total. The molecule has 0 bridgehead atoms. The van der Waals surface area contributed by atoms with Crippen LogP contribution < -0.4 is 0 Å². The Balaban J connectivity index is 4.80. The Kier molecular flexibility index (Phi) is 4.44. The fourth-order valence-corrected chi connectivity index (χ4v) is 0.701. The second-order valence-electron chi connectivity index (χ2n) is 2.39. The van der Waals surface area contributed by atoms with Crippen LogP contribution in [-0.2, 0) is 14.3 Å². The van der Waals surface area contributed by atoms with Gasteiger partial charge in [-0.15, -0.1) is 0 Å². The summed E-state index contributed by atoms with van der Waals surface area (Å²) in [5, 5.41) is 0. The largest absolute Gasteiger partial charge is 0.390 e. The van der Waals surface area contributed by atoms with Gasteiger partial charge in [0.25, 0.3) is 0 Å². The first-order valence-electron chi connectivity index (χ1n) is 3.71. The summed E-state index contributed by atoms with van der Waals surface area (Å²) in [4.78, 5) is 21.6. The molecule has 70 valence electrons. The van der Waals surface area contributed by atoms with Crippen molar-refractivity contribution in [1.82, 2.24) is 0 Å². The molecule has 13 heavy (non-hydrogen) atoms. The highest BCUT2D eigenvalue weighted by atomic mass is 16.6. The van der Waals surface area contributed by atoms with E-state index in [1.165, 1.54) is 19.1 Å². The second-order valence-corrected chi connectivity index (χ2v) is 2.39. The first-order chi connectivity index (χ1) is 6.02. The average Bonchev–Trinajstić information content (AvgIpc) is 2.03. The van der Waals surface area contributed by atoms with E-state index in [2.05, 4.69) is 17.9 Å². The van der Waals surface area contributed by atoms with E-state index < -0.39 is 11.9 Å². The number of carbonyl (C=O) groups excluding carboxylic acids is 2. The van der Waals surface area contributed by atoms with Crippen LogP contribution in [0.25, 0.3) is 0 Å². The molecule has 0 radical (unpaired) electrons. The molecule has 0 unspecified atom stereocenters. The number of hydrogen-bond donors (Lipinski definition) is 0. The Bertz CT molecular complexity index is 285. The minimum Gasteiger partial charge on any atom is -0.390 e. The molecule has 0 aliphatic carbocycles. The molecule has 0 heterocycles. The molecular weight excluding hydrogens is 168 g/mol. The predicted octanol–water partition coefficient (Wildman–Crippen LogP) is 1.76. The lowest BCUT2D eigenvalue weighted by Gasteiger charge is -2.02. The predicted molar refractivity (Wildman–Crippen MR) is 49.9 cm³/mol. The van der Waals surface area contributed by atoms with Crippen LogP contribution in [0.5, 0.6) is 0 Å². The number of esters is 2. The Hall–Kier alpha value is -1.64. The topological polar surface area (TPSA) is 43.4 Å². The summed E-state index contributed by atoms with van der Waals surface area (Å²) >= 11 is 0. The summed E-state index contributed by atoms with van der Waals surface area (Å²) in [6.07, 6.45) is 2.83. The van der Waals surface area contributed by atoms with Gasteiger partial charge in [-0.1, -0.05) is 25.3 Å². The van der Waals surface area contributed by atoms with Crippen LogP contribution in [0.3, 0.4) is 0 Å². The molecule has 0 rings (SSSR count). The fourth-order valence-electron chi connectivity index (χ4n) is 0.701. The van der Waals surface area contributed by atoms with Crippen LogP contribution in [0.2, 0.25) is 0 Å². The van der Waals surface area contributed by atoms with Crippen LogP contribution in [0.1, 0.15) is 13.8 Å². The molecule has 0 spiro atoms. The molecule has 0 aliphatic heterocycles. The van der Waals surface area contributed by atoms with Gasteiger partial charge in [0.05, 0.1) is 5.57 Å². The third kappa shape index (κ3) is 3.51. The molecule has 0 atom stereocenters. The molecule has 3 heteroatoms. The average molecular weight is 180 g/mol. The summed E-state index contributed by atoms with van der Waals surface area (Å²) in [6, 6.07) is 0. The Morgan fingerprint density at radius 3 is 2.00 bits per heavy atom. The summed E-state index contributed by atoms with van der Waals surface area (Å²) in [5.74, 6) is -1.33. The third-order valence-corrected chi connectivity index (χ3v) is 1.39. The monoisotopic (exact) mass is 180 g/mol. The normalized spacial score (nSPS) is 11.2. The SMILES string of the molecule is C=C/C(C)=C(\C=C)C(=O)OC(C)=O. The zero-order valence-electron chi connectivity index (χ0n) is 7.79. The quantitative estimate of drug-likeness (QED) is 0.288. The van der Waals surface area contributed by atoms with Gasteiger partial charge < -0.3 is 4.74 Å². The zero-order chi connectivity index (χ0) is 10.4. The van der Waals surface area contributed by atoms with E-state index in [1.807, 2.05) is 0 Å². The minimum atomic E-state index is -0.695. The maximum absolute atomic E-state index is 11.2. The number of ether oxygens (including phenoxy) is 1. The van der Waals surface area contributed by atoms with Crippen molar-refractivity contribution in [1.29, 1.82) is 0 Å². The van der Waals surface area contributed by atoms with Crippen molar-refractivity contribution in [2.24, 2.45) is 0 Å². The molecule has 0 aliphatic rings. The highest BCUT2D eigenvalue weighted by molar-refractivity contribution is 5.98. The second kappa shape index (κ2) is 5.09. The first kappa shape index (κ1) is 11.4. The lowest BCUT2D eigenvalue weighted by molar-refractivity contribution is -0.154. The summed E-state index contributed by atoms with van der Waals surface area (Å²) < 4.78 is 4.37. The van der Waals surface area contributed by atoms with Gasteiger partial charge in [0.15, 0.2) is 0 Å². The van der Waals surface area contributed by atoms with E-state index in [-0.39, 0.29) is 5.57 Å². The lowest BCUT2D eigenvalue weighted by Crippen LogP contribution is -2.11. The maximum Gasteiger partial charge on any atom is 0.346 e. The van der Waals surface area contributed by atoms with Crippen molar-refractivity contribution in [3.8, 4) is 0 Å². The Morgan fingerprint density at radius 2 is 1.69 bits per heavy atom. The molecule has 0 amide bonds. The van der Waals surface area contributed by atoms with Crippen molar-refractivity contribution in [2.75, 3.05) is 0 Å². The summed E-state index contributed by atoms with van der Waals surface area (Å²) in [6.45, 7) is 9.79. The van der Waals surface area contributed by atoms with E-state index in [4.69, 9.17) is 0 Å². The van der Waals surface area contributed by atoms with Crippen molar-refractivity contribution in [2.45, 2.75) is 13.8 Å². The molecule has 0 aromatic heterocycles. The standard InChI is InChI=1S/C10H12O3/c1-5-7(3)9(6-2)10(12)13-8(4)11/h5-6H,1-2H2,3-4H3/b9-7+. The molecule has 0 aromatic carbocycles. The van der Waals surface area contributed by atoms with Gasteiger partial charge in [-0.3, -0.25) is 4.79 Å². The van der Waals surface area contributed by atoms with E-state index in [0.29, 0.717) is 5.57 Å². The molecule has 0 saturated carbocycles. The van der Waals surface area contributed by atoms with E-state index in [1.54, 1.807) is 6.92 Å². The molecular formula is C10H12O3. The highest BCUT2D eigenvalue weighted by Gasteiger charge is 2.11. The van der Waals surface area contributed by atoms with Crippen molar-refractivity contribution in [3.05, 3.63) is 36.5 Å².